The van der Waals surface area contributed by atoms with E-state index in [-0.39, 0.29) is 13.2 Å². The first-order chi connectivity index (χ1) is 14.4. The number of aryl methyl sites for hydroxylation is 1. The number of ether oxygens (including phenoxy) is 2. The van der Waals surface area contributed by atoms with E-state index in [1.807, 2.05) is 12.1 Å². The third-order valence-corrected chi connectivity index (χ3v) is 6.35. The number of aliphatic hydroxyl groups is 3. The smallest absolute Gasteiger partial charge is 0.225 e. The van der Waals surface area contributed by atoms with Crippen LogP contribution < -0.4 is 0 Å². The lowest BCUT2D eigenvalue weighted by atomic mass is 9.86. The second kappa shape index (κ2) is 8.38. The Morgan fingerprint density at radius 3 is 2.50 bits per heavy atom. The third kappa shape index (κ3) is 3.58. The molecule has 0 aliphatic carbocycles. The van der Waals surface area contributed by atoms with Crippen LogP contribution in [-0.2, 0) is 34.7 Å². The van der Waals surface area contributed by atoms with Crippen LogP contribution in [0.3, 0.4) is 0 Å². The Balaban J connectivity index is 1.70. The Morgan fingerprint density at radius 2 is 1.83 bits per heavy atom. The Morgan fingerprint density at radius 1 is 1.13 bits per heavy atom. The van der Waals surface area contributed by atoms with Gasteiger partial charge in [-0.05, 0) is 53.9 Å². The van der Waals surface area contributed by atoms with E-state index in [0.717, 1.165) is 23.1 Å². The second-order valence-corrected chi connectivity index (χ2v) is 8.30. The summed E-state index contributed by atoms with van der Waals surface area (Å²) < 4.78 is 11.9. The molecule has 2 aliphatic rings. The first-order valence-corrected chi connectivity index (χ1v) is 10.5. The molecule has 3 N–H and O–H groups in total. The van der Waals surface area contributed by atoms with Gasteiger partial charge in [0.2, 0.25) is 5.79 Å². The molecule has 7 heteroatoms. The number of aliphatic hydroxyl groups excluding tert-OH is 3. The van der Waals surface area contributed by atoms with Crippen molar-refractivity contribution in [2.75, 3.05) is 6.54 Å². The minimum absolute atomic E-state index is 0.0651. The first-order valence-electron chi connectivity index (χ1n) is 10.1. The van der Waals surface area contributed by atoms with Gasteiger partial charge in [-0.15, -0.1) is 0 Å². The number of halogens is 1. The summed E-state index contributed by atoms with van der Waals surface area (Å²) in [6, 6.07) is 12.0. The largest absolute Gasteiger partial charge is 0.388 e. The van der Waals surface area contributed by atoms with Crippen molar-refractivity contribution in [1.29, 1.82) is 0 Å². The SMILES string of the molecule is C=NC[C@H]1O[C@]2(OCc3cc(Cl)c(Cc4ccc(CC)cc4)cc32)[C@H](O)[C@@H](O)[C@@H]1O. The molecule has 6 nitrogen and oxygen atoms in total. The van der Waals surface area contributed by atoms with Crippen molar-refractivity contribution in [1.82, 2.24) is 0 Å². The van der Waals surface area contributed by atoms with Crippen molar-refractivity contribution in [3.05, 3.63) is 69.2 Å². The molecule has 0 unspecified atom stereocenters. The average molecular weight is 432 g/mol. The van der Waals surface area contributed by atoms with Gasteiger partial charge in [0.05, 0.1) is 13.2 Å². The molecular weight excluding hydrogens is 406 g/mol. The molecule has 0 amide bonds. The van der Waals surface area contributed by atoms with Gasteiger partial charge in [-0.3, -0.25) is 4.99 Å². The van der Waals surface area contributed by atoms with Crippen LogP contribution in [0, 0.1) is 0 Å². The number of rotatable bonds is 5. The van der Waals surface area contributed by atoms with Crippen molar-refractivity contribution in [2.45, 2.75) is 56.6 Å². The summed E-state index contributed by atoms with van der Waals surface area (Å²) in [5.74, 6) is -1.59. The molecule has 0 bridgehead atoms. The van der Waals surface area contributed by atoms with E-state index in [1.165, 1.54) is 5.56 Å². The molecular formula is C23H26ClNO5. The van der Waals surface area contributed by atoms with E-state index >= 15 is 0 Å². The maximum Gasteiger partial charge on any atom is 0.225 e. The molecule has 0 radical (unpaired) electrons. The fourth-order valence-corrected chi connectivity index (χ4v) is 4.48. The molecule has 30 heavy (non-hydrogen) atoms. The van der Waals surface area contributed by atoms with Gasteiger partial charge in [-0.25, -0.2) is 0 Å². The van der Waals surface area contributed by atoms with E-state index in [1.54, 1.807) is 0 Å². The maximum atomic E-state index is 10.8. The minimum Gasteiger partial charge on any atom is -0.388 e. The summed E-state index contributed by atoms with van der Waals surface area (Å²) in [5, 5.41) is 32.1. The van der Waals surface area contributed by atoms with Crippen LogP contribution >= 0.6 is 11.6 Å². The summed E-state index contributed by atoms with van der Waals surface area (Å²) >= 11 is 6.54. The summed E-state index contributed by atoms with van der Waals surface area (Å²) in [6.45, 7) is 5.79. The van der Waals surface area contributed by atoms with Crippen LogP contribution in [0.2, 0.25) is 5.02 Å². The number of fused-ring (bicyclic) bond motifs is 2. The van der Waals surface area contributed by atoms with Crippen LogP contribution in [0.5, 0.6) is 0 Å². The quantitative estimate of drug-likeness (QED) is 0.632. The monoisotopic (exact) mass is 431 g/mol. The fraction of sp³-hybridized carbons (Fsp3) is 0.435. The molecule has 1 saturated heterocycles. The van der Waals surface area contributed by atoms with Gasteiger partial charge < -0.3 is 24.8 Å². The van der Waals surface area contributed by atoms with Crippen LogP contribution in [-0.4, -0.2) is 53.0 Å². The number of hydrogen-bond acceptors (Lipinski definition) is 6. The van der Waals surface area contributed by atoms with E-state index in [4.69, 9.17) is 21.1 Å². The Labute approximate surface area is 180 Å². The zero-order valence-corrected chi connectivity index (χ0v) is 17.5. The highest BCUT2D eigenvalue weighted by Gasteiger charge is 2.58. The van der Waals surface area contributed by atoms with Gasteiger partial charge in [0.15, 0.2) is 0 Å². The van der Waals surface area contributed by atoms with Gasteiger partial charge in [-0.2, -0.15) is 0 Å². The van der Waals surface area contributed by atoms with Crippen LogP contribution in [0.4, 0.5) is 0 Å². The van der Waals surface area contributed by atoms with Crippen LogP contribution in [0.1, 0.15) is 34.7 Å². The average Bonchev–Trinajstić information content (AvgIpc) is 3.09. The fourth-order valence-electron chi connectivity index (χ4n) is 4.22. The first kappa shape index (κ1) is 21.4. The minimum atomic E-state index is -1.59. The predicted molar refractivity (Wildman–Crippen MR) is 114 cm³/mol. The lowest BCUT2D eigenvalue weighted by Gasteiger charge is -2.46. The van der Waals surface area contributed by atoms with Crippen molar-refractivity contribution < 1.29 is 24.8 Å². The van der Waals surface area contributed by atoms with Crippen molar-refractivity contribution >= 4 is 18.3 Å². The molecule has 0 saturated carbocycles. The Hall–Kier alpha value is -1.80. The van der Waals surface area contributed by atoms with Crippen molar-refractivity contribution in [3.8, 4) is 0 Å². The van der Waals surface area contributed by atoms with Gasteiger partial charge in [-0.1, -0.05) is 42.8 Å². The van der Waals surface area contributed by atoms with Crippen molar-refractivity contribution in [2.24, 2.45) is 4.99 Å². The Bertz CT molecular complexity index is 934. The second-order valence-electron chi connectivity index (χ2n) is 7.89. The molecule has 5 atom stereocenters. The molecule has 160 valence electrons. The summed E-state index contributed by atoms with van der Waals surface area (Å²) in [7, 11) is 0. The summed E-state index contributed by atoms with van der Waals surface area (Å²) in [5.41, 5.74) is 4.62. The highest BCUT2D eigenvalue weighted by Crippen LogP contribution is 2.47. The molecule has 1 spiro atoms. The molecule has 2 aromatic carbocycles. The number of hydrogen-bond donors (Lipinski definition) is 3. The summed E-state index contributed by atoms with van der Waals surface area (Å²) in [6.07, 6.45) is -3.49. The maximum absolute atomic E-state index is 10.8. The number of benzene rings is 2. The van der Waals surface area contributed by atoms with E-state index < -0.39 is 30.2 Å². The molecule has 2 aliphatic heterocycles. The summed E-state index contributed by atoms with van der Waals surface area (Å²) in [4.78, 5) is 3.78. The standard InChI is InChI=1S/C23H26ClNO5/c1-3-13-4-6-14(7-5-13)8-15-9-17-16(10-18(15)24)12-29-23(17)22(28)21(27)20(26)19(30-23)11-25-2/h4-7,9-10,19-22,26-28H,2-3,8,11-12H2,1H3/t19-,20-,21+,22-,23+/m1/s1. The normalized spacial score (nSPS) is 30.4. The molecule has 2 aromatic rings. The van der Waals surface area contributed by atoms with E-state index in [2.05, 4.69) is 42.9 Å². The highest BCUT2D eigenvalue weighted by molar-refractivity contribution is 6.31. The molecule has 2 heterocycles. The zero-order chi connectivity index (χ0) is 21.5. The third-order valence-electron chi connectivity index (χ3n) is 5.99. The molecule has 4 rings (SSSR count). The zero-order valence-electron chi connectivity index (χ0n) is 16.8. The topological polar surface area (TPSA) is 91.5 Å². The van der Waals surface area contributed by atoms with Crippen LogP contribution in [0.25, 0.3) is 0 Å². The van der Waals surface area contributed by atoms with Gasteiger partial charge >= 0.3 is 0 Å². The van der Waals surface area contributed by atoms with Gasteiger partial charge in [0.25, 0.3) is 0 Å². The van der Waals surface area contributed by atoms with E-state index in [0.29, 0.717) is 17.0 Å². The van der Waals surface area contributed by atoms with Gasteiger partial charge in [0.1, 0.15) is 24.4 Å². The van der Waals surface area contributed by atoms with E-state index in [9.17, 15) is 15.3 Å². The highest BCUT2D eigenvalue weighted by atomic mass is 35.5. The lowest BCUT2D eigenvalue weighted by molar-refractivity contribution is -0.363. The number of aliphatic imine (C=N–C) groups is 1. The lowest BCUT2D eigenvalue weighted by Crippen LogP contribution is -2.63. The Kier molecular flexibility index (Phi) is 5.99. The predicted octanol–water partition coefficient (Wildman–Crippen LogP) is 2.36. The van der Waals surface area contributed by atoms with Crippen molar-refractivity contribution in [3.63, 3.8) is 0 Å². The van der Waals surface area contributed by atoms with Gasteiger partial charge in [0, 0.05) is 10.6 Å². The number of nitrogens with zero attached hydrogens (tertiary/aromatic N) is 1. The molecule has 1 fully saturated rings. The van der Waals surface area contributed by atoms with Crippen LogP contribution in [0.15, 0.2) is 41.4 Å². The molecule has 0 aromatic heterocycles.